The van der Waals surface area contributed by atoms with E-state index in [9.17, 15) is 8.78 Å². The summed E-state index contributed by atoms with van der Waals surface area (Å²) in [6.45, 7) is 7.56. The van der Waals surface area contributed by atoms with E-state index in [4.69, 9.17) is 9.31 Å². The average Bonchev–Trinajstić information content (AvgIpc) is 2.96. The molecular formula is C17H23BF2N2O2S. The summed E-state index contributed by atoms with van der Waals surface area (Å²) in [6, 6.07) is 5.45. The number of fused-ring (bicyclic) bond motifs is 1. The van der Waals surface area contributed by atoms with Gasteiger partial charge in [0, 0.05) is 0 Å². The predicted octanol–water partition coefficient (Wildman–Crippen LogP) is 3.25. The fourth-order valence-corrected chi connectivity index (χ4v) is 3.60. The minimum absolute atomic E-state index is 0.165. The van der Waals surface area contributed by atoms with Crippen LogP contribution >= 0.6 is 11.3 Å². The van der Waals surface area contributed by atoms with Crippen molar-refractivity contribution in [3.8, 4) is 0 Å². The predicted molar refractivity (Wildman–Crippen MR) is 97.8 cm³/mol. The van der Waals surface area contributed by atoms with Crippen LogP contribution < -0.4 is 5.46 Å². The first kappa shape index (κ1) is 18.7. The third-order valence-corrected chi connectivity index (χ3v) is 5.91. The Labute approximate surface area is 151 Å². The molecule has 1 fully saturated rings. The Balaban J connectivity index is 1.92. The van der Waals surface area contributed by atoms with Crippen LogP contribution in [0.15, 0.2) is 18.2 Å². The Bertz CT molecular complexity index is 776. The quantitative estimate of drug-likeness (QED) is 0.776. The van der Waals surface area contributed by atoms with E-state index in [1.165, 1.54) is 4.90 Å². The highest BCUT2D eigenvalue weighted by atomic mass is 32.1. The Morgan fingerprint density at radius 1 is 1.16 bits per heavy atom. The van der Waals surface area contributed by atoms with Crippen LogP contribution in [0.25, 0.3) is 10.2 Å². The van der Waals surface area contributed by atoms with Crippen molar-refractivity contribution in [2.24, 2.45) is 0 Å². The van der Waals surface area contributed by atoms with E-state index in [-0.39, 0.29) is 11.6 Å². The van der Waals surface area contributed by atoms with Crippen LogP contribution in [0.4, 0.5) is 8.78 Å². The number of thiazole rings is 1. The molecule has 0 bridgehead atoms. The van der Waals surface area contributed by atoms with Gasteiger partial charge in [-0.25, -0.2) is 4.98 Å². The molecule has 0 spiro atoms. The lowest BCUT2D eigenvalue weighted by Crippen LogP contribution is -2.41. The maximum absolute atomic E-state index is 14.3. The zero-order valence-corrected chi connectivity index (χ0v) is 16.2. The smallest absolute Gasteiger partial charge is 0.399 e. The molecule has 1 aliphatic heterocycles. The number of alkyl halides is 2. The number of nitrogens with zero attached hydrogens (tertiary/aromatic N) is 2. The van der Waals surface area contributed by atoms with Gasteiger partial charge in [-0.15, -0.1) is 11.3 Å². The van der Waals surface area contributed by atoms with E-state index in [0.29, 0.717) is 5.52 Å². The molecule has 1 aromatic heterocycles. The molecule has 2 aromatic rings. The molecule has 1 saturated heterocycles. The van der Waals surface area contributed by atoms with E-state index in [2.05, 4.69) is 4.98 Å². The standard InChI is InChI=1S/C17H23BF2N2O2S/c1-15(2)16(3,4)24-18(23-15)11-7-8-13-12(9-11)21-14(25-13)17(19,20)10-22(5)6/h7-9H,10H2,1-6H3. The number of hydrogen-bond acceptors (Lipinski definition) is 5. The molecule has 1 aromatic carbocycles. The molecule has 136 valence electrons. The number of likely N-dealkylation sites (N-methyl/N-ethyl adjacent to an activating group) is 1. The van der Waals surface area contributed by atoms with Gasteiger partial charge in [-0.1, -0.05) is 6.07 Å². The normalized spacial score (nSPS) is 20.0. The van der Waals surface area contributed by atoms with Crippen LogP contribution in [0.2, 0.25) is 0 Å². The minimum atomic E-state index is -2.97. The van der Waals surface area contributed by atoms with Crippen molar-refractivity contribution in [3.05, 3.63) is 23.2 Å². The summed E-state index contributed by atoms with van der Waals surface area (Å²) in [7, 11) is 2.72. The van der Waals surface area contributed by atoms with E-state index in [0.717, 1.165) is 21.5 Å². The monoisotopic (exact) mass is 368 g/mol. The van der Waals surface area contributed by atoms with Gasteiger partial charge in [0.1, 0.15) is 0 Å². The molecule has 8 heteroatoms. The zero-order valence-electron chi connectivity index (χ0n) is 15.4. The summed E-state index contributed by atoms with van der Waals surface area (Å²) in [5.41, 5.74) is 0.446. The summed E-state index contributed by atoms with van der Waals surface area (Å²) < 4.78 is 41.4. The van der Waals surface area contributed by atoms with Gasteiger partial charge in [0.2, 0.25) is 0 Å². The zero-order chi connectivity index (χ0) is 18.6. The van der Waals surface area contributed by atoms with E-state index < -0.39 is 24.2 Å². The van der Waals surface area contributed by atoms with Crippen molar-refractivity contribution in [2.75, 3.05) is 20.6 Å². The Hall–Kier alpha value is -1.09. The Morgan fingerprint density at radius 2 is 1.76 bits per heavy atom. The molecule has 0 atom stereocenters. The highest BCUT2D eigenvalue weighted by molar-refractivity contribution is 7.18. The topological polar surface area (TPSA) is 34.6 Å². The summed E-state index contributed by atoms with van der Waals surface area (Å²) in [6.07, 6.45) is 0. The molecule has 0 radical (unpaired) electrons. The van der Waals surface area contributed by atoms with E-state index >= 15 is 0 Å². The second-order valence-corrected chi connectivity index (χ2v) is 8.81. The first-order valence-electron chi connectivity index (χ1n) is 8.20. The van der Waals surface area contributed by atoms with Crippen molar-refractivity contribution in [1.82, 2.24) is 9.88 Å². The molecule has 0 aliphatic carbocycles. The summed E-state index contributed by atoms with van der Waals surface area (Å²) in [4.78, 5) is 5.63. The van der Waals surface area contributed by atoms with Crippen molar-refractivity contribution >= 4 is 34.1 Å². The highest BCUT2D eigenvalue weighted by Gasteiger charge is 2.51. The van der Waals surface area contributed by atoms with Crippen molar-refractivity contribution in [2.45, 2.75) is 44.8 Å². The second-order valence-electron chi connectivity index (χ2n) is 7.78. The number of halogens is 2. The first-order valence-corrected chi connectivity index (χ1v) is 9.02. The molecule has 1 aliphatic rings. The molecule has 3 rings (SSSR count). The lowest BCUT2D eigenvalue weighted by molar-refractivity contribution is -0.0269. The molecule has 0 amide bonds. The maximum atomic E-state index is 14.3. The van der Waals surface area contributed by atoms with Gasteiger partial charge in [-0.2, -0.15) is 8.78 Å². The van der Waals surface area contributed by atoms with Crippen LogP contribution in [-0.2, 0) is 15.2 Å². The fraction of sp³-hybridized carbons (Fsp3) is 0.588. The third kappa shape index (κ3) is 3.45. The number of benzene rings is 1. The third-order valence-electron chi connectivity index (χ3n) is 4.76. The fourth-order valence-electron chi connectivity index (χ4n) is 2.69. The first-order chi connectivity index (χ1) is 11.4. The minimum Gasteiger partial charge on any atom is -0.399 e. The molecule has 25 heavy (non-hydrogen) atoms. The van der Waals surface area contributed by atoms with Gasteiger partial charge >= 0.3 is 13.0 Å². The molecule has 2 heterocycles. The van der Waals surface area contributed by atoms with Crippen LogP contribution in [0.3, 0.4) is 0 Å². The van der Waals surface area contributed by atoms with Crippen LogP contribution in [0.1, 0.15) is 32.7 Å². The molecule has 0 saturated carbocycles. The van der Waals surface area contributed by atoms with Gasteiger partial charge in [-0.3, -0.25) is 0 Å². The van der Waals surface area contributed by atoms with Crippen molar-refractivity contribution in [1.29, 1.82) is 0 Å². The van der Waals surface area contributed by atoms with Gasteiger partial charge < -0.3 is 14.2 Å². The summed E-state index contributed by atoms with van der Waals surface area (Å²) in [5.74, 6) is -2.97. The van der Waals surface area contributed by atoms with Crippen molar-refractivity contribution < 1.29 is 18.1 Å². The van der Waals surface area contributed by atoms with E-state index in [1.807, 2.05) is 39.8 Å². The maximum Gasteiger partial charge on any atom is 0.494 e. The van der Waals surface area contributed by atoms with Crippen LogP contribution in [0, 0.1) is 0 Å². The molecule has 0 unspecified atom stereocenters. The van der Waals surface area contributed by atoms with Crippen molar-refractivity contribution in [3.63, 3.8) is 0 Å². The molecular weight excluding hydrogens is 345 g/mol. The van der Waals surface area contributed by atoms with Gasteiger partial charge in [0.15, 0.2) is 5.01 Å². The average molecular weight is 368 g/mol. The lowest BCUT2D eigenvalue weighted by atomic mass is 9.79. The SMILES string of the molecule is CN(C)CC(F)(F)c1nc2cc(B3OC(C)(C)C(C)(C)O3)ccc2s1. The number of aromatic nitrogens is 1. The second kappa shape index (κ2) is 5.98. The number of hydrogen-bond donors (Lipinski definition) is 0. The Kier molecular flexibility index (Phi) is 4.47. The summed E-state index contributed by atoms with van der Waals surface area (Å²) >= 11 is 1.03. The molecule has 4 nitrogen and oxygen atoms in total. The highest BCUT2D eigenvalue weighted by Crippen LogP contribution is 2.37. The lowest BCUT2D eigenvalue weighted by Gasteiger charge is -2.32. The summed E-state index contributed by atoms with van der Waals surface area (Å²) in [5, 5.41) is -0.165. The van der Waals surface area contributed by atoms with Gasteiger partial charge in [-0.05, 0) is 59.4 Å². The van der Waals surface area contributed by atoms with E-state index in [1.54, 1.807) is 20.2 Å². The van der Waals surface area contributed by atoms with Crippen LogP contribution in [0.5, 0.6) is 0 Å². The molecule has 0 N–H and O–H groups in total. The Morgan fingerprint density at radius 3 is 2.32 bits per heavy atom. The van der Waals surface area contributed by atoms with Gasteiger partial charge in [0.05, 0.1) is 28.0 Å². The largest absolute Gasteiger partial charge is 0.494 e. The van der Waals surface area contributed by atoms with Crippen LogP contribution in [-0.4, -0.2) is 48.8 Å². The number of rotatable bonds is 4. The van der Waals surface area contributed by atoms with Gasteiger partial charge in [0.25, 0.3) is 0 Å².